The van der Waals surface area contributed by atoms with Crippen molar-refractivity contribution in [1.82, 2.24) is 15.1 Å². The molecule has 0 aliphatic carbocycles. The summed E-state index contributed by atoms with van der Waals surface area (Å²) in [6.07, 6.45) is 1.61. The predicted molar refractivity (Wildman–Crippen MR) is 153 cm³/mol. The molecule has 0 spiro atoms. The summed E-state index contributed by atoms with van der Waals surface area (Å²) < 4.78 is 5.23. The Morgan fingerprint density at radius 1 is 1.00 bits per heavy atom. The van der Waals surface area contributed by atoms with Gasteiger partial charge in [-0.3, -0.25) is 9.59 Å². The summed E-state index contributed by atoms with van der Waals surface area (Å²) in [6.45, 7) is 6.48. The molecule has 7 nitrogen and oxygen atoms in total. The highest BCUT2D eigenvalue weighted by molar-refractivity contribution is 6.35. The van der Waals surface area contributed by atoms with Gasteiger partial charge in [0.25, 0.3) is 0 Å². The number of rotatable bonds is 10. The molecule has 10 heteroatoms. The van der Waals surface area contributed by atoms with Crippen molar-refractivity contribution in [3.8, 4) is 0 Å². The second-order valence-corrected chi connectivity index (χ2v) is 11.2. The largest absolute Gasteiger partial charge is 0.383 e. The zero-order valence-corrected chi connectivity index (χ0v) is 24.2. The summed E-state index contributed by atoms with van der Waals surface area (Å²) in [5, 5.41) is 5.23. The Labute approximate surface area is 239 Å². The fourth-order valence-electron chi connectivity index (χ4n) is 5.20. The maximum atomic E-state index is 13.8. The van der Waals surface area contributed by atoms with E-state index >= 15 is 0 Å². The Balaban J connectivity index is 1.45. The fourth-order valence-corrected chi connectivity index (χ4v) is 5.88. The average molecular weight is 582 g/mol. The Morgan fingerprint density at radius 3 is 2.37 bits per heavy atom. The number of amides is 2. The van der Waals surface area contributed by atoms with Crippen LogP contribution in [0.4, 0.5) is 5.69 Å². The molecule has 2 aromatic rings. The van der Waals surface area contributed by atoms with Gasteiger partial charge in [0.2, 0.25) is 11.8 Å². The molecule has 1 N–H and O–H groups in total. The van der Waals surface area contributed by atoms with Gasteiger partial charge in [-0.15, -0.1) is 0 Å². The van der Waals surface area contributed by atoms with E-state index in [2.05, 4.69) is 17.1 Å². The molecule has 2 aliphatic heterocycles. The minimum atomic E-state index is -0.576. The van der Waals surface area contributed by atoms with Gasteiger partial charge in [-0.05, 0) is 54.8 Å². The topological polar surface area (TPSA) is 65.1 Å². The van der Waals surface area contributed by atoms with Crippen LogP contribution in [0.15, 0.2) is 36.4 Å². The van der Waals surface area contributed by atoms with Crippen LogP contribution in [0.25, 0.3) is 0 Å². The molecule has 2 aliphatic rings. The highest BCUT2D eigenvalue weighted by Gasteiger charge is 2.36. The number of carbonyl (C=O) groups excluding carboxylic acids is 2. The molecule has 2 aromatic carbocycles. The second kappa shape index (κ2) is 13.4. The SMILES string of the molecule is COCC(C)NCc1cc(Cl)ccc1N1CCN(C(=O)C(Cc2ccc(Cl)cc2Cl)N2CCCC2=O)CC1. The van der Waals surface area contributed by atoms with Crippen LogP contribution < -0.4 is 10.2 Å². The normalized spacial score (nSPS) is 17.7. The van der Waals surface area contributed by atoms with E-state index < -0.39 is 6.04 Å². The van der Waals surface area contributed by atoms with E-state index in [1.54, 1.807) is 24.1 Å². The quantitative estimate of drug-likeness (QED) is 0.442. The zero-order valence-electron chi connectivity index (χ0n) is 21.9. The first-order valence-electron chi connectivity index (χ1n) is 13.0. The number of nitrogens with zero attached hydrogens (tertiary/aromatic N) is 3. The van der Waals surface area contributed by atoms with Gasteiger partial charge in [0.05, 0.1) is 6.61 Å². The lowest BCUT2D eigenvalue weighted by atomic mass is 10.0. The van der Waals surface area contributed by atoms with Gasteiger partial charge in [0.1, 0.15) is 6.04 Å². The Morgan fingerprint density at radius 2 is 1.71 bits per heavy atom. The monoisotopic (exact) mass is 580 g/mol. The minimum absolute atomic E-state index is 0.0214. The van der Waals surface area contributed by atoms with Crippen LogP contribution in [-0.4, -0.2) is 80.1 Å². The minimum Gasteiger partial charge on any atom is -0.383 e. The molecular weight excluding hydrogens is 547 g/mol. The number of hydrogen-bond acceptors (Lipinski definition) is 5. The third kappa shape index (κ3) is 7.13. The first kappa shape index (κ1) is 29.0. The molecule has 206 valence electrons. The van der Waals surface area contributed by atoms with E-state index in [-0.39, 0.29) is 17.9 Å². The first-order valence-corrected chi connectivity index (χ1v) is 14.2. The van der Waals surface area contributed by atoms with E-state index in [4.69, 9.17) is 39.5 Å². The van der Waals surface area contributed by atoms with Gasteiger partial charge in [-0.1, -0.05) is 40.9 Å². The number of carbonyl (C=O) groups is 2. The van der Waals surface area contributed by atoms with E-state index in [0.717, 1.165) is 23.2 Å². The van der Waals surface area contributed by atoms with E-state index in [1.807, 2.05) is 29.2 Å². The summed E-state index contributed by atoms with van der Waals surface area (Å²) in [7, 11) is 1.69. The maximum Gasteiger partial charge on any atom is 0.245 e. The molecule has 2 unspecified atom stereocenters. The van der Waals surface area contributed by atoms with E-state index in [9.17, 15) is 9.59 Å². The maximum absolute atomic E-state index is 13.8. The molecule has 2 fully saturated rings. The molecule has 38 heavy (non-hydrogen) atoms. The molecule has 2 heterocycles. The molecule has 2 amide bonds. The van der Waals surface area contributed by atoms with Crippen molar-refractivity contribution >= 4 is 52.3 Å². The van der Waals surface area contributed by atoms with Crippen LogP contribution >= 0.6 is 34.8 Å². The lowest BCUT2D eigenvalue weighted by Gasteiger charge is -2.40. The Hall–Kier alpha value is -2.03. The zero-order chi connectivity index (χ0) is 27.2. The number of piperazine rings is 1. The summed E-state index contributed by atoms with van der Waals surface area (Å²) in [5.74, 6) is -0.00890. The van der Waals surface area contributed by atoms with Crippen LogP contribution in [0.5, 0.6) is 0 Å². The van der Waals surface area contributed by atoms with Crippen molar-refractivity contribution in [1.29, 1.82) is 0 Å². The number of methoxy groups -OCH3 is 1. The number of nitrogens with one attached hydrogen (secondary N) is 1. The molecular formula is C28H35Cl3N4O3. The number of hydrogen-bond donors (Lipinski definition) is 1. The van der Waals surface area contributed by atoms with Gasteiger partial charge in [-0.25, -0.2) is 0 Å². The third-order valence-electron chi connectivity index (χ3n) is 7.23. The molecule has 0 aromatic heterocycles. The lowest BCUT2D eigenvalue weighted by Crippen LogP contribution is -2.56. The first-order chi connectivity index (χ1) is 18.3. The predicted octanol–water partition coefficient (Wildman–Crippen LogP) is 4.65. The van der Waals surface area contributed by atoms with Crippen LogP contribution in [0.1, 0.15) is 30.9 Å². The summed E-state index contributed by atoms with van der Waals surface area (Å²) in [4.78, 5) is 32.4. The van der Waals surface area contributed by atoms with Crippen molar-refractivity contribution in [3.63, 3.8) is 0 Å². The standard InChI is InChI=1S/C28H35Cl3N4O3/c1-19(18-38-2)32-17-21-14-22(29)7-8-25(21)33-10-12-34(13-11-33)28(37)26(35-9-3-4-27(35)36)15-20-5-6-23(30)16-24(20)31/h5-8,14,16,19,26,32H,3-4,9-13,15,17-18H2,1-2H3. The van der Waals surface area contributed by atoms with Crippen molar-refractivity contribution < 1.29 is 14.3 Å². The van der Waals surface area contributed by atoms with Gasteiger partial charge in [-0.2, -0.15) is 0 Å². The number of ether oxygens (including phenoxy) is 1. The third-order valence-corrected chi connectivity index (χ3v) is 8.05. The van der Waals surface area contributed by atoms with Crippen molar-refractivity contribution in [2.75, 3.05) is 51.3 Å². The smallest absolute Gasteiger partial charge is 0.245 e. The summed E-state index contributed by atoms with van der Waals surface area (Å²) in [6, 6.07) is 10.9. The van der Waals surface area contributed by atoms with Gasteiger partial charge >= 0.3 is 0 Å². The Bertz CT molecular complexity index is 1140. The highest BCUT2D eigenvalue weighted by atomic mass is 35.5. The Kier molecular flexibility index (Phi) is 10.2. The molecule has 0 saturated carbocycles. The van der Waals surface area contributed by atoms with Crippen LogP contribution in [-0.2, 0) is 27.3 Å². The average Bonchev–Trinajstić information content (AvgIpc) is 3.32. The molecule has 2 saturated heterocycles. The van der Waals surface area contributed by atoms with Crippen LogP contribution in [0, 0.1) is 0 Å². The van der Waals surface area contributed by atoms with Crippen molar-refractivity contribution in [3.05, 3.63) is 62.6 Å². The second-order valence-electron chi connectivity index (χ2n) is 9.97. The van der Waals surface area contributed by atoms with E-state index in [1.165, 1.54) is 0 Å². The summed E-state index contributed by atoms with van der Waals surface area (Å²) in [5.41, 5.74) is 3.03. The summed E-state index contributed by atoms with van der Waals surface area (Å²) >= 11 is 18.8. The number of halogens is 3. The van der Waals surface area contributed by atoms with E-state index in [0.29, 0.717) is 73.8 Å². The van der Waals surface area contributed by atoms with Gasteiger partial charge < -0.3 is 24.8 Å². The van der Waals surface area contributed by atoms with Gasteiger partial charge in [0.15, 0.2) is 0 Å². The highest BCUT2D eigenvalue weighted by Crippen LogP contribution is 2.28. The lowest BCUT2D eigenvalue weighted by molar-refractivity contribution is -0.143. The number of benzene rings is 2. The van der Waals surface area contributed by atoms with Crippen molar-refractivity contribution in [2.24, 2.45) is 0 Å². The molecule has 0 radical (unpaired) electrons. The van der Waals surface area contributed by atoms with Crippen LogP contribution in [0.2, 0.25) is 15.1 Å². The molecule has 4 rings (SSSR count). The molecule has 0 bridgehead atoms. The fraction of sp³-hybridized carbons (Fsp3) is 0.500. The van der Waals surface area contributed by atoms with Crippen LogP contribution in [0.3, 0.4) is 0 Å². The van der Waals surface area contributed by atoms with Crippen molar-refractivity contribution in [2.45, 2.75) is 44.8 Å². The molecule has 2 atom stereocenters. The number of anilines is 1. The number of likely N-dealkylation sites (tertiary alicyclic amines) is 1. The van der Waals surface area contributed by atoms with Gasteiger partial charge in [0, 0.05) is 86.0 Å².